The third-order valence-corrected chi connectivity index (χ3v) is 1.73. The Bertz CT molecular complexity index is 417. The van der Waals surface area contributed by atoms with Crippen molar-refractivity contribution in [2.75, 3.05) is 0 Å². The number of hydrogen-bond acceptors (Lipinski definition) is 4. The van der Waals surface area contributed by atoms with Crippen LogP contribution in [-0.2, 0) is 0 Å². The Morgan fingerprint density at radius 2 is 2.29 bits per heavy atom. The fourth-order valence-electron chi connectivity index (χ4n) is 1.08. The monoisotopic (exact) mass is 194 g/mol. The number of aromatic amines is 1. The molecule has 0 spiro atoms. The van der Waals surface area contributed by atoms with Crippen molar-refractivity contribution in [3.63, 3.8) is 0 Å². The molecule has 0 saturated carbocycles. The van der Waals surface area contributed by atoms with Crippen molar-refractivity contribution in [2.45, 2.75) is 6.10 Å². The van der Waals surface area contributed by atoms with E-state index < -0.39 is 11.9 Å². The van der Waals surface area contributed by atoms with Crippen molar-refractivity contribution in [3.8, 4) is 0 Å². The molecule has 2 aromatic rings. The lowest BCUT2D eigenvalue weighted by atomic mass is 10.1. The third kappa shape index (κ3) is 1.60. The van der Waals surface area contributed by atoms with E-state index in [0.29, 0.717) is 5.56 Å². The molecule has 0 radical (unpaired) electrons. The molecule has 5 nitrogen and oxygen atoms in total. The molecule has 14 heavy (non-hydrogen) atoms. The van der Waals surface area contributed by atoms with Crippen molar-refractivity contribution in [1.82, 2.24) is 20.2 Å². The van der Waals surface area contributed by atoms with Crippen LogP contribution in [0.4, 0.5) is 4.39 Å². The Labute approximate surface area is 78.6 Å². The lowest BCUT2D eigenvalue weighted by molar-refractivity contribution is 0.209. The molecule has 0 aliphatic heterocycles. The highest BCUT2D eigenvalue weighted by molar-refractivity contribution is 5.18. The smallest absolute Gasteiger partial charge is 0.157 e. The maximum atomic E-state index is 12.7. The van der Waals surface area contributed by atoms with Crippen LogP contribution in [-0.4, -0.2) is 25.3 Å². The standard InChI is InChI=1S/C8H7FN4O/c9-6-1-5(2-10-3-6)7(14)8-11-4-12-13-8/h1-4,7,14H,(H,11,12,13). The molecule has 1 atom stereocenters. The minimum absolute atomic E-state index is 0.261. The van der Waals surface area contributed by atoms with E-state index in [-0.39, 0.29) is 5.82 Å². The topological polar surface area (TPSA) is 74.7 Å². The van der Waals surface area contributed by atoms with Crippen LogP contribution in [0.5, 0.6) is 0 Å². The van der Waals surface area contributed by atoms with Gasteiger partial charge in [0.05, 0.1) is 6.20 Å². The second kappa shape index (κ2) is 3.51. The number of aromatic nitrogens is 4. The van der Waals surface area contributed by atoms with Gasteiger partial charge in [-0.05, 0) is 6.07 Å². The van der Waals surface area contributed by atoms with Gasteiger partial charge in [-0.2, -0.15) is 5.10 Å². The summed E-state index contributed by atoms with van der Waals surface area (Å²) < 4.78 is 12.7. The average Bonchev–Trinajstić information content (AvgIpc) is 2.69. The van der Waals surface area contributed by atoms with Gasteiger partial charge in [0, 0.05) is 11.8 Å². The maximum Gasteiger partial charge on any atom is 0.157 e. The van der Waals surface area contributed by atoms with Gasteiger partial charge < -0.3 is 5.11 Å². The van der Waals surface area contributed by atoms with Gasteiger partial charge in [-0.15, -0.1) is 0 Å². The number of aliphatic hydroxyl groups excluding tert-OH is 1. The van der Waals surface area contributed by atoms with E-state index >= 15 is 0 Å². The molecule has 0 bridgehead atoms. The molecule has 2 rings (SSSR count). The lowest BCUT2D eigenvalue weighted by Crippen LogP contribution is -2.03. The predicted molar refractivity (Wildman–Crippen MR) is 44.6 cm³/mol. The van der Waals surface area contributed by atoms with E-state index in [1.165, 1.54) is 18.6 Å². The molecule has 0 aliphatic rings. The van der Waals surface area contributed by atoms with Gasteiger partial charge in [-0.25, -0.2) is 9.37 Å². The van der Waals surface area contributed by atoms with Gasteiger partial charge in [0.25, 0.3) is 0 Å². The molecule has 0 saturated heterocycles. The summed E-state index contributed by atoms with van der Waals surface area (Å²) in [6, 6.07) is 1.19. The summed E-state index contributed by atoms with van der Waals surface area (Å²) in [5.74, 6) is -0.238. The van der Waals surface area contributed by atoms with Gasteiger partial charge in [0.1, 0.15) is 18.2 Å². The summed E-state index contributed by atoms with van der Waals surface area (Å²) in [7, 11) is 0. The number of rotatable bonds is 2. The SMILES string of the molecule is OC(c1cncc(F)c1)c1ncn[nH]1. The van der Waals surface area contributed by atoms with Crippen LogP contribution in [0.25, 0.3) is 0 Å². The minimum atomic E-state index is -1.03. The number of H-pyrrole nitrogens is 1. The first-order valence-corrected chi connectivity index (χ1v) is 3.91. The second-order valence-corrected chi connectivity index (χ2v) is 2.71. The van der Waals surface area contributed by atoms with E-state index in [4.69, 9.17) is 0 Å². The summed E-state index contributed by atoms with van der Waals surface area (Å²) in [5, 5.41) is 15.7. The van der Waals surface area contributed by atoms with Crippen molar-refractivity contribution in [1.29, 1.82) is 0 Å². The molecular weight excluding hydrogens is 187 g/mol. The van der Waals surface area contributed by atoms with Crippen LogP contribution in [0.15, 0.2) is 24.8 Å². The van der Waals surface area contributed by atoms with Crippen LogP contribution < -0.4 is 0 Å². The van der Waals surface area contributed by atoms with Crippen LogP contribution in [0, 0.1) is 5.82 Å². The van der Waals surface area contributed by atoms with Crippen molar-refractivity contribution < 1.29 is 9.50 Å². The Morgan fingerprint density at radius 1 is 1.43 bits per heavy atom. The third-order valence-electron chi connectivity index (χ3n) is 1.73. The maximum absolute atomic E-state index is 12.7. The van der Waals surface area contributed by atoms with E-state index in [1.54, 1.807) is 0 Å². The number of nitrogens with zero attached hydrogens (tertiary/aromatic N) is 3. The highest BCUT2D eigenvalue weighted by Gasteiger charge is 2.13. The van der Waals surface area contributed by atoms with Gasteiger partial charge >= 0.3 is 0 Å². The number of nitrogens with one attached hydrogen (secondary N) is 1. The van der Waals surface area contributed by atoms with Gasteiger partial charge in [-0.3, -0.25) is 10.1 Å². The van der Waals surface area contributed by atoms with E-state index in [1.807, 2.05) is 0 Å². The summed E-state index contributed by atoms with van der Waals surface area (Å²) >= 11 is 0. The van der Waals surface area contributed by atoms with Crippen LogP contribution >= 0.6 is 0 Å². The fraction of sp³-hybridized carbons (Fsp3) is 0.125. The van der Waals surface area contributed by atoms with Crippen molar-refractivity contribution in [3.05, 3.63) is 42.0 Å². The fourth-order valence-corrected chi connectivity index (χ4v) is 1.08. The molecular formula is C8H7FN4O. The Balaban J connectivity index is 2.32. The molecule has 2 N–H and O–H groups in total. The van der Waals surface area contributed by atoms with Gasteiger partial charge in [-0.1, -0.05) is 0 Å². The van der Waals surface area contributed by atoms with E-state index in [0.717, 1.165) is 6.20 Å². The van der Waals surface area contributed by atoms with Gasteiger partial charge in [0.15, 0.2) is 5.82 Å². The zero-order valence-corrected chi connectivity index (χ0v) is 7.05. The van der Waals surface area contributed by atoms with Crippen LogP contribution in [0.1, 0.15) is 17.5 Å². The first-order chi connectivity index (χ1) is 6.77. The van der Waals surface area contributed by atoms with Crippen LogP contribution in [0.2, 0.25) is 0 Å². The molecule has 0 aromatic carbocycles. The van der Waals surface area contributed by atoms with Gasteiger partial charge in [0.2, 0.25) is 0 Å². The summed E-state index contributed by atoms with van der Waals surface area (Å²) in [5.41, 5.74) is 0.335. The number of halogens is 1. The Morgan fingerprint density at radius 3 is 2.93 bits per heavy atom. The molecule has 2 aromatic heterocycles. The Kier molecular flexibility index (Phi) is 2.19. The molecule has 0 fully saturated rings. The van der Waals surface area contributed by atoms with Crippen LogP contribution in [0.3, 0.4) is 0 Å². The number of aliphatic hydroxyl groups is 1. The highest BCUT2D eigenvalue weighted by atomic mass is 19.1. The van der Waals surface area contributed by atoms with E-state index in [9.17, 15) is 9.50 Å². The molecule has 6 heteroatoms. The lowest BCUT2D eigenvalue weighted by Gasteiger charge is -2.06. The highest BCUT2D eigenvalue weighted by Crippen LogP contribution is 2.17. The summed E-state index contributed by atoms with van der Waals surface area (Å²) in [6.45, 7) is 0. The largest absolute Gasteiger partial charge is 0.380 e. The molecule has 0 amide bonds. The number of hydrogen-bond donors (Lipinski definition) is 2. The second-order valence-electron chi connectivity index (χ2n) is 2.71. The van der Waals surface area contributed by atoms with Crippen molar-refractivity contribution >= 4 is 0 Å². The molecule has 72 valence electrons. The first kappa shape index (κ1) is 8.76. The minimum Gasteiger partial charge on any atom is -0.380 e. The normalized spacial score (nSPS) is 12.7. The molecule has 1 unspecified atom stereocenters. The molecule has 2 heterocycles. The predicted octanol–water partition coefficient (Wildman–Crippen LogP) is 0.420. The zero-order valence-electron chi connectivity index (χ0n) is 7.05. The summed E-state index contributed by atoms with van der Waals surface area (Å²) in [6.07, 6.45) is 2.68. The average molecular weight is 194 g/mol. The quantitative estimate of drug-likeness (QED) is 0.726. The summed E-state index contributed by atoms with van der Waals surface area (Å²) in [4.78, 5) is 7.37. The number of pyridine rings is 1. The Hall–Kier alpha value is -1.82. The first-order valence-electron chi connectivity index (χ1n) is 3.91. The van der Waals surface area contributed by atoms with E-state index in [2.05, 4.69) is 20.2 Å². The zero-order chi connectivity index (χ0) is 9.97. The molecule has 0 aliphatic carbocycles. The van der Waals surface area contributed by atoms with Crippen molar-refractivity contribution in [2.24, 2.45) is 0 Å².